The summed E-state index contributed by atoms with van der Waals surface area (Å²) < 4.78 is 3.67. The highest BCUT2D eigenvalue weighted by Crippen LogP contribution is 2.39. The van der Waals surface area contributed by atoms with Crippen LogP contribution in [0.1, 0.15) is 43.5 Å². The van der Waals surface area contributed by atoms with E-state index in [-0.39, 0.29) is 0 Å². The third kappa shape index (κ3) is 2.25. The van der Waals surface area contributed by atoms with E-state index in [9.17, 15) is 0 Å². The second-order valence-electron chi connectivity index (χ2n) is 7.30. The first-order chi connectivity index (χ1) is 12.1. The molecule has 0 aromatic carbocycles. The van der Waals surface area contributed by atoms with E-state index >= 15 is 0 Å². The van der Waals surface area contributed by atoms with Crippen LogP contribution in [0.4, 0.5) is 0 Å². The molecule has 0 atom stereocenters. The van der Waals surface area contributed by atoms with Crippen LogP contribution in [0.15, 0.2) is 6.33 Å². The lowest BCUT2D eigenvalue weighted by Gasteiger charge is -2.20. The van der Waals surface area contributed by atoms with Crippen LogP contribution in [-0.2, 0) is 19.3 Å². The molecule has 2 N–H and O–H groups in total. The number of aromatic amines is 2. The maximum atomic E-state index is 5.32. The molecule has 128 valence electrons. The molecule has 0 fully saturated rings. The van der Waals surface area contributed by atoms with Crippen LogP contribution in [0, 0.1) is 10.7 Å². The standard InChI is InChI=1S/C18H19N5S2/c1-9(2)7-12-10-5-3-4-6-11(10)13-14-15(25-17(13)20-12)16-21-22-18(24)23(16)8-19-14/h8-9H,3-7H2,1-2H3,(H,22,24)/p+1. The van der Waals surface area contributed by atoms with Crippen molar-refractivity contribution < 1.29 is 4.40 Å². The van der Waals surface area contributed by atoms with Crippen molar-refractivity contribution in [3.05, 3.63) is 27.9 Å². The minimum absolute atomic E-state index is 0.617. The first-order valence-electron chi connectivity index (χ1n) is 8.87. The van der Waals surface area contributed by atoms with Gasteiger partial charge >= 0.3 is 0 Å². The van der Waals surface area contributed by atoms with Gasteiger partial charge in [0.15, 0.2) is 5.52 Å². The summed E-state index contributed by atoms with van der Waals surface area (Å²) in [5, 5.41) is 7.48. The number of thiophene rings is 1. The van der Waals surface area contributed by atoms with Crippen LogP contribution in [0.2, 0.25) is 0 Å². The van der Waals surface area contributed by atoms with E-state index in [1.165, 1.54) is 35.0 Å². The van der Waals surface area contributed by atoms with Crippen LogP contribution >= 0.6 is 23.6 Å². The summed E-state index contributed by atoms with van der Waals surface area (Å²) in [6.07, 6.45) is 7.69. The fraction of sp³-hybridized carbons (Fsp3) is 0.444. The SMILES string of the molecule is CC(C)Cc1nc2sc3c(nc[n+]4c(=S)[nH][nH]c34)c2c2c1CCCC2. The highest BCUT2D eigenvalue weighted by molar-refractivity contribution is 7.71. The second-order valence-corrected chi connectivity index (χ2v) is 8.68. The van der Waals surface area contributed by atoms with Gasteiger partial charge in [0.25, 0.3) is 10.4 Å². The smallest absolute Gasteiger partial charge is 0.241 e. The zero-order chi connectivity index (χ0) is 17.1. The highest BCUT2D eigenvalue weighted by atomic mass is 32.1. The van der Waals surface area contributed by atoms with Gasteiger partial charge in [-0.2, -0.15) is 14.6 Å². The van der Waals surface area contributed by atoms with Gasteiger partial charge in [-0.15, -0.1) is 16.3 Å². The predicted octanol–water partition coefficient (Wildman–Crippen LogP) is 4.05. The zero-order valence-electron chi connectivity index (χ0n) is 14.3. The Bertz CT molecular complexity index is 1180. The van der Waals surface area contributed by atoms with E-state index in [2.05, 4.69) is 24.0 Å². The molecule has 25 heavy (non-hydrogen) atoms. The number of nitrogens with one attached hydrogen (secondary N) is 2. The quantitative estimate of drug-likeness (QED) is 0.413. The van der Waals surface area contributed by atoms with Gasteiger partial charge in [0, 0.05) is 5.69 Å². The Kier molecular flexibility index (Phi) is 3.43. The van der Waals surface area contributed by atoms with Crippen molar-refractivity contribution >= 4 is 49.6 Å². The number of pyridine rings is 1. The van der Waals surface area contributed by atoms with Gasteiger partial charge in [0.05, 0.1) is 5.39 Å². The molecule has 0 amide bonds. The number of nitrogens with zero attached hydrogens (tertiary/aromatic N) is 3. The van der Waals surface area contributed by atoms with Gasteiger partial charge in [-0.3, -0.25) is 0 Å². The van der Waals surface area contributed by atoms with E-state index in [4.69, 9.17) is 22.2 Å². The van der Waals surface area contributed by atoms with Gasteiger partial charge in [-0.1, -0.05) is 13.8 Å². The third-order valence-corrected chi connectivity index (χ3v) is 6.46. The predicted molar refractivity (Wildman–Crippen MR) is 103 cm³/mol. The lowest BCUT2D eigenvalue weighted by molar-refractivity contribution is -0.522. The minimum Gasteiger partial charge on any atom is -0.241 e. The van der Waals surface area contributed by atoms with Gasteiger partial charge in [-0.25, -0.2) is 4.98 Å². The lowest BCUT2D eigenvalue weighted by Crippen LogP contribution is -2.20. The molecule has 5 rings (SSSR count). The Morgan fingerprint density at radius 2 is 2.04 bits per heavy atom. The van der Waals surface area contributed by atoms with Gasteiger partial charge in [0.2, 0.25) is 6.33 Å². The van der Waals surface area contributed by atoms with Crippen LogP contribution in [0.25, 0.3) is 26.1 Å². The molecule has 1 aliphatic rings. The monoisotopic (exact) mass is 370 g/mol. The lowest BCUT2D eigenvalue weighted by atomic mass is 9.87. The number of hydrogen-bond donors (Lipinski definition) is 2. The number of fused-ring (bicyclic) bond motifs is 7. The van der Waals surface area contributed by atoms with E-state index in [0.717, 1.165) is 40.0 Å². The zero-order valence-corrected chi connectivity index (χ0v) is 16.0. The topological polar surface area (TPSA) is 61.5 Å². The van der Waals surface area contributed by atoms with E-state index in [0.29, 0.717) is 10.7 Å². The Labute approximate surface area is 154 Å². The number of aromatic nitrogens is 5. The van der Waals surface area contributed by atoms with Gasteiger partial charge < -0.3 is 0 Å². The number of H-pyrrole nitrogens is 2. The van der Waals surface area contributed by atoms with Crippen LogP contribution in [0.3, 0.4) is 0 Å². The van der Waals surface area contributed by atoms with Crippen molar-refractivity contribution in [3.63, 3.8) is 0 Å². The Balaban J connectivity index is 1.91. The van der Waals surface area contributed by atoms with Crippen molar-refractivity contribution in [2.45, 2.75) is 46.0 Å². The molecule has 4 heterocycles. The fourth-order valence-corrected chi connectivity index (χ4v) is 5.38. The summed E-state index contributed by atoms with van der Waals surface area (Å²) in [6, 6.07) is 0. The van der Waals surface area contributed by atoms with E-state index < -0.39 is 0 Å². The van der Waals surface area contributed by atoms with Crippen LogP contribution in [-0.4, -0.2) is 20.2 Å². The molecule has 0 bridgehead atoms. The molecule has 0 aliphatic heterocycles. The van der Waals surface area contributed by atoms with Crippen molar-refractivity contribution in [2.24, 2.45) is 5.92 Å². The Morgan fingerprint density at radius 3 is 2.84 bits per heavy atom. The van der Waals surface area contributed by atoms with E-state index in [1.54, 1.807) is 11.3 Å². The molecular formula is C18H20N5S2+. The minimum atomic E-state index is 0.617. The summed E-state index contributed by atoms with van der Waals surface area (Å²) in [5.74, 6) is 0.617. The maximum Gasteiger partial charge on any atom is 0.297 e. The second kappa shape index (κ2) is 5.57. The Morgan fingerprint density at radius 1 is 1.24 bits per heavy atom. The first kappa shape index (κ1) is 15.4. The largest absolute Gasteiger partial charge is 0.297 e. The average molecular weight is 371 g/mol. The summed E-state index contributed by atoms with van der Waals surface area (Å²) in [6.45, 7) is 4.54. The van der Waals surface area contributed by atoms with Crippen molar-refractivity contribution in [1.29, 1.82) is 0 Å². The summed E-state index contributed by atoms with van der Waals surface area (Å²) in [4.78, 5) is 11.0. The van der Waals surface area contributed by atoms with Gasteiger partial charge in [0.1, 0.15) is 9.53 Å². The molecule has 4 aromatic rings. The summed E-state index contributed by atoms with van der Waals surface area (Å²) >= 11 is 7.05. The van der Waals surface area contributed by atoms with Crippen LogP contribution in [0.5, 0.6) is 0 Å². The highest BCUT2D eigenvalue weighted by Gasteiger charge is 2.25. The molecule has 4 aromatic heterocycles. The maximum absolute atomic E-state index is 5.32. The number of rotatable bonds is 2. The molecule has 0 saturated heterocycles. The molecule has 5 nitrogen and oxygen atoms in total. The van der Waals surface area contributed by atoms with E-state index in [1.807, 2.05) is 10.7 Å². The Hall–Kier alpha value is -1.86. The number of hydrogen-bond acceptors (Lipinski definition) is 4. The summed E-state index contributed by atoms with van der Waals surface area (Å²) in [5.41, 5.74) is 6.32. The third-order valence-electron chi connectivity index (χ3n) is 5.09. The summed E-state index contributed by atoms with van der Waals surface area (Å²) in [7, 11) is 0. The van der Waals surface area contributed by atoms with Crippen molar-refractivity contribution in [2.75, 3.05) is 0 Å². The molecule has 0 saturated carbocycles. The van der Waals surface area contributed by atoms with Crippen molar-refractivity contribution in [3.8, 4) is 0 Å². The fourth-order valence-electron chi connectivity index (χ4n) is 4.02. The normalized spacial score (nSPS) is 14.8. The van der Waals surface area contributed by atoms with Crippen molar-refractivity contribution in [1.82, 2.24) is 20.2 Å². The molecule has 0 spiro atoms. The molecule has 0 radical (unpaired) electrons. The molecule has 7 heteroatoms. The first-order valence-corrected chi connectivity index (χ1v) is 10.1. The molecular weight excluding hydrogens is 350 g/mol. The average Bonchev–Trinajstić information content (AvgIpc) is 3.15. The van der Waals surface area contributed by atoms with Gasteiger partial charge in [-0.05, 0) is 61.4 Å². The number of aryl methyl sites for hydroxylation is 1. The van der Waals surface area contributed by atoms with Crippen LogP contribution < -0.4 is 4.40 Å². The molecule has 0 unspecified atom stereocenters. The molecule has 1 aliphatic carbocycles.